The van der Waals surface area contributed by atoms with Crippen molar-refractivity contribution in [3.05, 3.63) is 53.8 Å². The average Bonchev–Trinajstić information content (AvgIpc) is 2.70. The van der Waals surface area contributed by atoms with Gasteiger partial charge in [-0.25, -0.2) is 4.39 Å². The molecule has 2 aromatic carbocycles. The van der Waals surface area contributed by atoms with Crippen LogP contribution in [0.5, 0.6) is 11.5 Å². The predicted octanol–water partition coefficient (Wildman–Crippen LogP) is 4.53. The number of hydrogen-bond donors (Lipinski definition) is 0. The lowest BCUT2D eigenvalue weighted by atomic mass is 9.84. The van der Waals surface area contributed by atoms with Crippen LogP contribution in [0.2, 0.25) is 0 Å². The van der Waals surface area contributed by atoms with Crippen LogP contribution in [-0.4, -0.2) is 32.4 Å². The fraction of sp³-hybridized carbons (Fsp3) is 0.435. The van der Waals surface area contributed by atoms with Gasteiger partial charge in [-0.05, 0) is 50.5 Å². The Hall–Kier alpha value is -2.61. The number of para-hydroxylation sites is 1. The highest BCUT2D eigenvalue weighted by Gasteiger charge is 2.32. The number of amides is 1. The SMILES string of the molecule is CC[C@@H](C)N(Cc1ccccc1OS(=O)(=O)c1ccc(OC)c(F)c1)C(=O)C1CCC1. The highest BCUT2D eigenvalue weighted by atomic mass is 32.2. The number of carbonyl (C=O) groups is 1. The molecule has 1 fully saturated rings. The van der Waals surface area contributed by atoms with Crippen LogP contribution in [-0.2, 0) is 21.5 Å². The van der Waals surface area contributed by atoms with Gasteiger partial charge < -0.3 is 13.8 Å². The summed E-state index contributed by atoms with van der Waals surface area (Å²) in [7, 11) is -2.98. The fourth-order valence-electron chi connectivity index (χ4n) is 3.43. The summed E-state index contributed by atoms with van der Waals surface area (Å²) in [5.74, 6) is -0.607. The van der Waals surface area contributed by atoms with E-state index in [0.717, 1.165) is 31.7 Å². The van der Waals surface area contributed by atoms with Crippen LogP contribution in [0.25, 0.3) is 0 Å². The van der Waals surface area contributed by atoms with Crippen LogP contribution >= 0.6 is 0 Å². The molecule has 0 bridgehead atoms. The maximum absolute atomic E-state index is 14.0. The molecule has 31 heavy (non-hydrogen) atoms. The van der Waals surface area contributed by atoms with Crippen LogP contribution in [0.1, 0.15) is 45.1 Å². The first-order valence-electron chi connectivity index (χ1n) is 10.4. The van der Waals surface area contributed by atoms with Crippen molar-refractivity contribution in [2.75, 3.05) is 7.11 Å². The molecule has 1 saturated carbocycles. The minimum absolute atomic E-state index is 0.00782. The lowest BCUT2D eigenvalue weighted by Gasteiger charge is -2.35. The summed E-state index contributed by atoms with van der Waals surface area (Å²) in [4.78, 5) is 14.4. The highest BCUT2D eigenvalue weighted by molar-refractivity contribution is 7.87. The number of halogens is 1. The molecule has 1 amide bonds. The van der Waals surface area contributed by atoms with Crippen molar-refractivity contribution < 1.29 is 26.5 Å². The number of carbonyl (C=O) groups excluding carboxylic acids is 1. The van der Waals surface area contributed by atoms with E-state index in [-0.39, 0.29) is 40.8 Å². The minimum atomic E-state index is -4.27. The molecule has 0 radical (unpaired) electrons. The van der Waals surface area contributed by atoms with Gasteiger partial charge in [-0.15, -0.1) is 0 Å². The second-order valence-corrected chi connectivity index (χ2v) is 9.34. The average molecular weight is 450 g/mol. The number of hydrogen-bond acceptors (Lipinski definition) is 5. The lowest BCUT2D eigenvalue weighted by molar-refractivity contribution is -0.141. The Bertz CT molecular complexity index is 1040. The molecule has 0 N–H and O–H groups in total. The first-order valence-corrected chi connectivity index (χ1v) is 11.8. The van der Waals surface area contributed by atoms with Crippen LogP contribution in [0.3, 0.4) is 0 Å². The maximum atomic E-state index is 14.0. The third kappa shape index (κ3) is 5.18. The normalized spacial score (nSPS) is 15.1. The van der Waals surface area contributed by atoms with Gasteiger partial charge in [-0.1, -0.05) is 31.5 Å². The van der Waals surface area contributed by atoms with Crippen molar-refractivity contribution in [1.82, 2.24) is 4.90 Å². The molecule has 1 atom stereocenters. The van der Waals surface area contributed by atoms with E-state index in [1.807, 2.05) is 13.8 Å². The molecule has 168 valence electrons. The van der Waals surface area contributed by atoms with E-state index in [1.165, 1.54) is 25.3 Å². The Kier molecular flexibility index (Phi) is 7.20. The van der Waals surface area contributed by atoms with Crippen molar-refractivity contribution in [1.29, 1.82) is 0 Å². The van der Waals surface area contributed by atoms with Gasteiger partial charge in [0.15, 0.2) is 11.6 Å². The topological polar surface area (TPSA) is 72.9 Å². The molecule has 6 nitrogen and oxygen atoms in total. The van der Waals surface area contributed by atoms with Gasteiger partial charge in [0.2, 0.25) is 5.91 Å². The van der Waals surface area contributed by atoms with Crippen molar-refractivity contribution >= 4 is 16.0 Å². The van der Waals surface area contributed by atoms with E-state index in [9.17, 15) is 17.6 Å². The third-order valence-electron chi connectivity index (χ3n) is 5.79. The summed E-state index contributed by atoms with van der Waals surface area (Å²) in [6, 6.07) is 10.0. The van der Waals surface area contributed by atoms with Gasteiger partial charge in [0.1, 0.15) is 10.6 Å². The van der Waals surface area contributed by atoms with Crippen LogP contribution in [0, 0.1) is 11.7 Å². The van der Waals surface area contributed by atoms with Gasteiger partial charge in [-0.3, -0.25) is 4.79 Å². The van der Waals surface area contributed by atoms with E-state index in [2.05, 4.69) is 0 Å². The number of rotatable bonds is 9. The van der Waals surface area contributed by atoms with E-state index in [1.54, 1.807) is 23.1 Å². The minimum Gasteiger partial charge on any atom is -0.494 e. The van der Waals surface area contributed by atoms with E-state index >= 15 is 0 Å². The summed E-state index contributed by atoms with van der Waals surface area (Å²) >= 11 is 0. The van der Waals surface area contributed by atoms with Crippen LogP contribution in [0.15, 0.2) is 47.4 Å². The molecule has 0 unspecified atom stereocenters. The molecule has 8 heteroatoms. The zero-order chi connectivity index (χ0) is 22.6. The smallest absolute Gasteiger partial charge is 0.339 e. The molecular weight excluding hydrogens is 421 g/mol. The molecular formula is C23H28FNO5S. The number of nitrogens with zero attached hydrogens (tertiary/aromatic N) is 1. The zero-order valence-corrected chi connectivity index (χ0v) is 18.8. The standard InChI is InChI=1S/C23H28FNO5S/c1-4-16(2)25(23(26)17-9-7-10-17)15-18-8-5-6-11-21(18)30-31(27,28)19-12-13-22(29-3)20(24)14-19/h5-6,8,11-14,16-17H,4,7,9-10,15H2,1-3H3/t16-/m1/s1. The Balaban J connectivity index is 1.86. The van der Waals surface area contributed by atoms with Crippen LogP contribution in [0.4, 0.5) is 4.39 Å². The Morgan fingerprint density at radius 3 is 2.48 bits per heavy atom. The zero-order valence-electron chi connectivity index (χ0n) is 18.0. The van der Waals surface area contributed by atoms with Crippen LogP contribution < -0.4 is 8.92 Å². The predicted molar refractivity (Wildman–Crippen MR) is 115 cm³/mol. The van der Waals surface area contributed by atoms with Gasteiger partial charge in [0.25, 0.3) is 0 Å². The number of benzene rings is 2. The van der Waals surface area contributed by atoms with Gasteiger partial charge in [0.05, 0.1) is 7.11 Å². The fourth-order valence-corrected chi connectivity index (χ4v) is 4.41. The number of ether oxygens (including phenoxy) is 1. The first kappa shape index (κ1) is 23.1. The Morgan fingerprint density at radius 1 is 1.19 bits per heavy atom. The third-order valence-corrected chi connectivity index (χ3v) is 7.02. The second-order valence-electron chi connectivity index (χ2n) is 7.79. The second kappa shape index (κ2) is 9.68. The summed E-state index contributed by atoms with van der Waals surface area (Å²) in [5, 5.41) is 0. The molecule has 0 aromatic heterocycles. The van der Waals surface area contributed by atoms with Gasteiger partial charge in [-0.2, -0.15) is 8.42 Å². The number of methoxy groups -OCH3 is 1. The molecule has 0 spiro atoms. The van der Waals surface area contributed by atoms with Crippen molar-refractivity contribution in [3.8, 4) is 11.5 Å². The Morgan fingerprint density at radius 2 is 1.90 bits per heavy atom. The van der Waals surface area contributed by atoms with E-state index in [4.69, 9.17) is 8.92 Å². The van der Waals surface area contributed by atoms with Crippen molar-refractivity contribution in [2.24, 2.45) is 5.92 Å². The molecule has 1 aliphatic carbocycles. The monoisotopic (exact) mass is 449 g/mol. The van der Waals surface area contributed by atoms with Gasteiger partial charge in [0, 0.05) is 24.1 Å². The Labute approximate surface area is 183 Å². The lowest BCUT2D eigenvalue weighted by Crippen LogP contribution is -2.43. The summed E-state index contributed by atoms with van der Waals surface area (Å²) in [6.45, 7) is 4.24. The van der Waals surface area contributed by atoms with E-state index < -0.39 is 15.9 Å². The van der Waals surface area contributed by atoms with E-state index in [0.29, 0.717) is 5.56 Å². The molecule has 0 aliphatic heterocycles. The van der Waals surface area contributed by atoms with Crippen molar-refractivity contribution in [2.45, 2.75) is 57.0 Å². The summed E-state index contributed by atoms with van der Waals surface area (Å²) in [5.41, 5.74) is 0.577. The van der Waals surface area contributed by atoms with Crippen molar-refractivity contribution in [3.63, 3.8) is 0 Å². The molecule has 1 aliphatic rings. The molecule has 0 saturated heterocycles. The van der Waals surface area contributed by atoms with Gasteiger partial charge >= 0.3 is 10.1 Å². The maximum Gasteiger partial charge on any atom is 0.339 e. The largest absolute Gasteiger partial charge is 0.494 e. The molecule has 0 heterocycles. The first-order chi connectivity index (χ1) is 14.8. The molecule has 3 rings (SSSR count). The summed E-state index contributed by atoms with van der Waals surface area (Å²) < 4.78 is 49.8. The highest BCUT2D eigenvalue weighted by Crippen LogP contribution is 2.32. The quantitative estimate of drug-likeness (QED) is 0.526. The summed E-state index contributed by atoms with van der Waals surface area (Å²) in [6.07, 6.45) is 3.62. The molecule has 2 aromatic rings.